The van der Waals surface area contributed by atoms with Crippen LogP contribution in [-0.4, -0.2) is 45.8 Å². The Morgan fingerprint density at radius 3 is 2.60 bits per heavy atom. The van der Waals surface area contributed by atoms with Gasteiger partial charge in [-0.25, -0.2) is 0 Å². The highest BCUT2D eigenvalue weighted by atomic mass is 16.3. The first kappa shape index (κ1) is 18.9. The van der Waals surface area contributed by atoms with Gasteiger partial charge in [0.25, 0.3) is 5.91 Å². The molecule has 3 atom stereocenters. The molecule has 2 rings (SSSR count). The number of phenols is 1. The lowest BCUT2D eigenvalue weighted by molar-refractivity contribution is -0.127. The molecule has 6 nitrogen and oxygen atoms in total. The number of aliphatic hydroxyl groups is 2. The number of nitrogens with one attached hydrogen (secondary N) is 1. The summed E-state index contributed by atoms with van der Waals surface area (Å²) >= 11 is 0. The third-order valence-electron chi connectivity index (χ3n) is 4.02. The highest BCUT2D eigenvalue weighted by Crippen LogP contribution is 2.25. The van der Waals surface area contributed by atoms with Gasteiger partial charge in [0.05, 0.1) is 11.7 Å². The van der Waals surface area contributed by atoms with Crippen molar-refractivity contribution in [2.45, 2.75) is 32.5 Å². The van der Waals surface area contributed by atoms with Crippen LogP contribution in [0.2, 0.25) is 0 Å². The maximum Gasteiger partial charge on any atom is 0.255 e. The summed E-state index contributed by atoms with van der Waals surface area (Å²) in [4.78, 5) is 24.3. The summed E-state index contributed by atoms with van der Waals surface area (Å²) in [6.45, 7) is 3.85. The van der Waals surface area contributed by atoms with Crippen molar-refractivity contribution >= 4 is 17.8 Å². The van der Waals surface area contributed by atoms with Crippen molar-refractivity contribution in [2.24, 2.45) is 5.92 Å². The van der Waals surface area contributed by atoms with Crippen LogP contribution in [0.4, 0.5) is 0 Å². The lowest BCUT2D eigenvalue weighted by atomic mass is 9.99. The number of amides is 1. The molecule has 0 radical (unpaired) electrons. The Bertz CT molecular complexity index is 723. The van der Waals surface area contributed by atoms with Gasteiger partial charge in [-0.05, 0) is 42.5 Å². The van der Waals surface area contributed by atoms with Gasteiger partial charge < -0.3 is 20.6 Å². The molecule has 0 bridgehead atoms. The van der Waals surface area contributed by atoms with Gasteiger partial charge in [0.2, 0.25) is 0 Å². The zero-order valence-corrected chi connectivity index (χ0v) is 14.3. The smallest absolute Gasteiger partial charge is 0.255 e. The third kappa shape index (κ3) is 4.78. The first-order valence-electron chi connectivity index (χ1n) is 8.16. The van der Waals surface area contributed by atoms with Crippen molar-refractivity contribution in [3.05, 3.63) is 47.1 Å². The number of aryl methyl sites for hydroxylation is 1. The lowest BCUT2D eigenvalue weighted by Gasteiger charge is -2.16. The van der Waals surface area contributed by atoms with E-state index >= 15 is 0 Å². The SMILES string of the molecule is Cc1cc(O)c2c(c1)/C=C/C[C@H](O)C(O)C(=O)/C=C\[C@@H](C)CNC2=O. The zero-order chi connectivity index (χ0) is 18.6. The van der Waals surface area contributed by atoms with Crippen LogP contribution in [0.25, 0.3) is 6.08 Å². The molecule has 0 saturated carbocycles. The fourth-order valence-corrected chi connectivity index (χ4v) is 2.59. The number of aliphatic hydroxyl groups excluding tert-OH is 2. The third-order valence-corrected chi connectivity index (χ3v) is 4.02. The van der Waals surface area contributed by atoms with Crippen molar-refractivity contribution < 1.29 is 24.9 Å². The van der Waals surface area contributed by atoms with Crippen LogP contribution in [-0.2, 0) is 4.79 Å². The minimum Gasteiger partial charge on any atom is -0.507 e. The summed E-state index contributed by atoms with van der Waals surface area (Å²) in [5, 5.41) is 32.7. The van der Waals surface area contributed by atoms with Gasteiger partial charge >= 0.3 is 0 Å². The van der Waals surface area contributed by atoms with Gasteiger partial charge in [-0.1, -0.05) is 31.2 Å². The molecular weight excluding hydrogens is 322 g/mol. The fourth-order valence-electron chi connectivity index (χ4n) is 2.59. The summed E-state index contributed by atoms with van der Waals surface area (Å²) < 4.78 is 0. The molecule has 25 heavy (non-hydrogen) atoms. The average Bonchev–Trinajstić information content (AvgIpc) is 2.55. The Morgan fingerprint density at radius 1 is 1.16 bits per heavy atom. The molecule has 1 heterocycles. The second kappa shape index (κ2) is 8.09. The van der Waals surface area contributed by atoms with Crippen LogP contribution in [0.15, 0.2) is 30.4 Å². The Morgan fingerprint density at radius 2 is 1.88 bits per heavy atom. The number of carbonyl (C=O) groups excluding carboxylic acids is 2. The molecule has 1 unspecified atom stereocenters. The molecule has 0 aromatic heterocycles. The van der Waals surface area contributed by atoms with Crippen molar-refractivity contribution in [3.63, 3.8) is 0 Å². The summed E-state index contributed by atoms with van der Waals surface area (Å²) in [7, 11) is 0. The number of fused-ring (bicyclic) bond motifs is 1. The van der Waals surface area contributed by atoms with Crippen molar-refractivity contribution in [3.8, 4) is 5.75 Å². The van der Waals surface area contributed by atoms with Gasteiger partial charge in [0.15, 0.2) is 5.78 Å². The number of hydrogen-bond donors (Lipinski definition) is 4. The van der Waals surface area contributed by atoms with Gasteiger partial charge in [-0.2, -0.15) is 0 Å². The van der Waals surface area contributed by atoms with E-state index in [0.717, 1.165) is 5.56 Å². The van der Waals surface area contributed by atoms with Crippen LogP contribution in [0.3, 0.4) is 0 Å². The highest BCUT2D eigenvalue weighted by molar-refractivity contribution is 6.00. The van der Waals surface area contributed by atoms with Crippen molar-refractivity contribution in [1.29, 1.82) is 0 Å². The maximum atomic E-state index is 12.4. The molecular formula is C19H23NO5. The molecule has 6 heteroatoms. The highest BCUT2D eigenvalue weighted by Gasteiger charge is 2.22. The van der Waals surface area contributed by atoms with E-state index in [0.29, 0.717) is 5.56 Å². The first-order chi connectivity index (χ1) is 11.8. The van der Waals surface area contributed by atoms with E-state index in [-0.39, 0.29) is 30.2 Å². The summed E-state index contributed by atoms with van der Waals surface area (Å²) in [5.74, 6) is -1.28. The zero-order valence-electron chi connectivity index (χ0n) is 14.3. The number of hydrogen-bond acceptors (Lipinski definition) is 5. The topological polar surface area (TPSA) is 107 Å². The molecule has 1 aliphatic heterocycles. The number of rotatable bonds is 0. The molecule has 1 amide bonds. The minimum absolute atomic E-state index is 0.0338. The van der Waals surface area contributed by atoms with Crippen LogP contribution < -0.4 is 5.32 Å². The summed E-state index contributed by atoms with van der Waals surface area (Å²) in [6, 6.07) is 3.25. The van der Waals surface area contributed by atoms with E-state index in [1.165, 1.54) is 12.1 Å². The predicted octanol–water partition coefficient (Wildman–Crippen LogP) is 1.33. The standard InChI is InChI=1S/C19H23NO5/c1-11-6-7-15(22)18(24)14(21)5-3-4-13-8-12(2)9-16(23)17(13)19(25)20-10-11/h3-4,6-9,11,14,18,21,23-24H,5,10H2,1-2H3,(H,20,25)/b4-3+,7-6-/t11-,14+,18?/m1/s1. The molecule has 0 aliphatic carbocycles. The summed E-state index contributed by atoms with van der Waals surface area (Å²) in [5.41, 5.74) is 1.44. The number of aromatic hydroxyl groups is 1. The van der Waals surface area contributed by atoms with Crippen LogP contribution in [0.1, 0.15) is 34.8 Å². The number of carbonyl (C=O) groups is 2. The van der Waals surface area contributed by atoms with Gasteiger partial charge in [0.1, 0.15) is 11.9 Å². The molecule has 1 aromatic carbocycles. The molecule has 1 aromatic rings. The van der Waals surface area contributed by atoms with E-state index < -0.39 is 23.9 Å². The second-order valence-corrected chi connectivity index (χ2v) is 6.35. The molecule has 0 fully saturated rings. The quantitative estimate of drug-likeness (QED) is 0.567. The maximum absolute atomic E-state index is 12.4. The fraction of sp³-hybridized carbons (Fsp3) is 0.368. The largest absolute Gasteiger partial charge is 0.507 e. The molecule has 0 spiro atoms. The van der Waals surface area contributed by atoms with E-state index in [2.05, 4.69) is 5.32 Å². The number of phenolic OH excluding ortho intramolecular Hbond substituents is 1. The first-order valence-corrected chi connectivity index (χ1v) is 8.16. The van der Waals surface area contributed by atoms with Crippen LogP contribution >= 0.6 is 0 Å². The van der Waals surface area contributed by atoms with Gasteiger partial charge in [-0.3, -0.25) is 9.59 Å². The van der Waals surface area contributed by atoms with Gasteiger partial charge in [-0.15, -0.1) is 0 Å². The lowest BCUT2D eigenvalue weighted by Crippen LogP contribution is -2.33. The Hall–Kier alpha value is -2.44. The monoisotopic (exact) mass is 345 g/mol. The normalized spacial score (nSPS) is 27.8. The van der Waals surface area contributed by atoms with Crippen molar-refractivity contribution in [1.82, 2.24) is 5.32 Å². The average molecular weight is 345 g/mol. The molecule has 134 valence electrons. The van der Waals surface area contributed by atoms with E-state index in [9.17, 15) is 24.9 Å². The van der Waals surface area contributed by atoms with E-state index in [4.69, 9.17) is 0 Å². The number of benzene rings is 1. The molecule has 1 aliphatic rings. The van der Waals surface area contributed by atoms with E-state index in [1.54, 1.807) is 38.1 Å². The molecule has 4 N–H and O–H groups in total. The number of ketones is 1. The van der Waals surface area contributed by atoms with Crippen LogP contribution in [0, 0.1) is 12.8 Å². The Balaban J connectivity index is 2.42. The minimum atomic E-state index is -1.50. The van der Waals surface area contributed by atoms with Gasteiger partial charge in [0, 0.05) is 6.54 Å². The second-order valence-electron chi connectivity index (χ2n) is 6.35. The Labute approximate surface area is 146 Å². The van der Waals surface area contributed by atoms with Crippen LogP contribution in [0.5, 0.6) is 5.75 Å². The van der Waals surface area contributed by atoms with E-state index in [1.807, 2.05) is 0 Å². The van der Waals surface area contributed by atoms with Crippen molar-refractivity contribution in [2.75, 3.05) is 6.54 Å². The summed E-state index contributed by atoms with van der Waals surface area (Å²) in [6.07, 6.45) is 3.22. The molecule has 0 saturated heterocycles. The predicted molar refractivity (Wildman–Crippen MR) is 94.2 cm³/mol. The Kier molecular flexibility index (Phi) is 6.12.